The zero-order chi connectivity index (χ0) is 10.9. The molecule has 1 aromatic rings. The summed E-state index contributed by atoms with van der Waals surface area (Å²) in [5.41, 5.74) is -0.703. The van der Waals surface area contributed by atoms with Gasteiger partial charge in [0.1, 0.15) is 5.69 Å². The number of aromatic nitrogens is 2. The van der Waals surface area contributed by atoms with Crippen molar-refractivity contribution in [2.45, 2.75) is 11.5 Å². The molecule has 0 unspecified atom stereocenters. The number of halogens is 3. The van der Waals surface area contributed by atoms with Crippen molar-refractivity contribution in [3.05, 3.63) is 17.0 Å². The molecule has 0 bridgehead atoms. The molecule has 0 aliphatic rings. The van der Waals surface area contributed by atoms with E-state index in [1.807, 2.05) is 0 Å². The average Bonchev–Trinajstić information content (AvgIpc) is 2.01. The van der Waals surface area contributed by atoms with Crippen molar-refractivity contribution < 1.29 is 17.2 Å². The monoisotopic (exact) mass is 242 g/mol. The van der Waals surface area contributed by atoms with Crippen molar-refractivity contribution in [3.63, 3.8) is 0 Å². The highest BCUT2D eigenvalue weighted by Crippen LogP contribution is 2.20. The summed E-state index contributed by atoms with van der Waals surface area (Å²) in [6.07, 6.45) is -2.03. The molecule has 1 heterocycles. The lowest BCUT2D eigenvalue weighted by Crippen LogP contribution is -2.04. The van der Waals surface area contributed by atoms with Crippen LogP contribution in [0, 0.1) is 0 Å². The van der Waals surface area contributed by atoms with E-state index < -0.39 is 32.3 Å². The number of hydrogen-bond donors (Lipinski definition) is 0. The highest BCUT2D eigenvalue weighted by atomic mass is 35.5. The van der Waals surface area contributed by atoms with Gasteiger partial charge in [0, 0.05) is 12.3 Å². The van der Waals surface area contributed by atoms with E-state index in [0.29, 0.717) is 6.07 Å². The molecular formula is C6H5ClF2N2O2S. The van der Waals surface area contributed by atoms with Gasteiger partial charge < -0.3 is 0 Å². The lowest BCUT2D eigenvalue weighted by atomic mass is 10.4. The van der Waals surface area contributed by atoms with Crippen LogP contribution in [0.5, 0.6) is 0 Å². The summed E-state index contributed by atoms with van der Waals surface area (Å²) in [6.45, 7) is 0. The largest absolute Gasteiger partial charge is 0.280 e. The van der Waals surface area contributed by atoms with Gasteiger partial charge in [-0.05, 0) is 11.6 Å². The van der Waals surface area contributed by atoms with Crippen LogP contribution in [0.25, 0.3) is 0 Å². The minimum absolute atomic E-state index is 0.507. The van der Waals surface area contributed by atoms with Crippen LogP contribution in [-0.2, 0) is 9.84 Å². The second-order valence-corrected chi connectivity index (χ2v) is 4.77. The zero-order valence-electron chi connectivity index (χ0n) is 6.91. The molecule has 14 heavy (non-hydrogen) atoms. The summed E-state index contributed by atoms with van der Waals surface area (Å²) in [7, 11) is -3.65. The Morgan fingerprint density at radius 3 is 2.43 bits per heavy atom. The van der Waals surface area contributed by atoms with Gasteiger partial charge in [-0.1, -0.05) is 0 Å². The normalized spacial score (nSPS) is 12.1. The predicted molar refractivity (Wildman–Crippen MR) is 45.1 cm³/mol. The van der Waals surface area contributed by atoms with Gasteiger partial charge in [0.05, 0.1) is 0 Å². The smallest absolute Gasteiger partial charge is 0.222 e. The fourth-order valence-corrected chi connectivity index (χ4v) is 1.54. The lowest BCUT2D eigenvalue weighted by Gasteiger charge is -2.01. The lowest BCUT2D eigenvalue weighted by molar-refractivity contribution is 0.145. The Balaban J connectivity index is 3.35. The summed E-state index contributed by atoms with van der Waals surface area (Å²) >= 11 is 5.28. The third-order valence-electron chi connectivity index (χ3n) is 1.30. The van der Waals surface area contributed by atoms with Gasteiger partial charge in [0.15, 0.2) is 14.9 Å². The molecule has 0 radical (unpaired) electrons. The number of rotatable bonds is 2. The Morgan fingerprint density at radius 2 is 2.00 bits per heavy atom. The van der Waals surface area contributed by atoms with Gasteiger partial charge in [-0.2, -0.15) is 0 Å². The first-order valence-electron chi connectivity index (χ1n) is 3.33. The first kappa shape index (κ1) is 11.3. The molecule has 0 saturated carbocycles. The zero-order valence-corrected chi connectivity index (χ0v) is 8.48. The van der Waals surface area contributed by atoms with E-state index in [9.17, 15) is 17.2 Å². The summed E-state index contributed by atoms with van der Waals surface area (Å²) in [4.78, 5) is 6.51. The van der Waals surface area contributed by atoms with Gasteiger partial charge in [0.25, 0.3) is 6.43 Å². The molecule has 0 N–H and O–H groups in total. The van der Waals surface area contributed by atoms with Gasteiger partial charge in [-0.25, -0.2) is 27.2 Å². The molecule has 0 aliphatic carbocycles. The van der Waals surface area contributed by atoms with Gasteiger partial charge in [-0.15, -0.1) is 0 Å². The average molecular weight is 243 g/mol. The Hall–Kier alpha value is -0.820. The Bertz CT molecular complexity index is 449. The highest BCUT2D eigenvalue weighted by molar-refractivity contribution is 7.90. The predicted octanol–water partition coefficient (Wildman–Crippen LogP) is 1.47. The topological polar surface area (TPSA) is 59.9 Å². The Labute approximate surface area is 83.9 Å². The molecule has 1 aromatic heterocycles. The van der Waals surface area contributed by atoms with Crippen LogP contribution in [0.2, 0.25) is 5.28 Å². The fraction of sp³-hybridized carbons (Fsp3) is 0.333. The van der Waals surface area contributed by atoms with Crippen molar-refractivity contribution in [1.29, 1.82) is 0 Å². The molecular weight excluding hydrogens is 238 g/mol. The first-order valence-corrected chi connectivity index (χ1v) is 5.60. The van der Waals surface area contributed by atoms with E-state index in [-0.39, 0.29) is 0 Å². The molecule has 0 amide bonds. The van der Waals surface area contributed by atoms with Crippen molar-refractivity contribution in [1.82, 2.24) is 9.97 Å². The first-order chi connectivity index (χ1) is 6.30. The maximum Gasteiger partial charge on any atom is 0.280 e. The maximum absolute atomic E-state index is 12.2. The van der Waals surface area contributed by atoms with Crippen LogP contribution in [0.4, 0.5) is 8.78 Å². The van der Waals surface area contributed by atoms with Crippen LogP contribution in [0.3, 0.4) is 0 Å². The summed E-state index contributed by atoms with van der Waals surface area (Å²) in [6, 6.07) is 0.700. The van der Waals surface area contributed by atoms with E-state index in [0.717, 1.165) is 6.26 Å². The van der Waals surface area contributed by atoms with Crippen molar-refractivity contribution in [2.75, 3.05) is 6.26 Å². The molecule has 4 nitrogen and oxygen atoms in total. The van der Waals surface area contributed by atoms with Gasteiger partial charge in [0.2, 0.25) is 5.28 Å². The Kier molecular flexibility index (Phi) is 3.01. The van der Waals surface area contributed by atoms with Gasteiger partial charge >= 0.3 is 0 Å². The van der Waals surface area contributed by atoms with Crippen molar-refractivity contribution in [3.8, 4) is 0 Å². The van der Waals surface area contributed by atoms with E-state index in [1.165, 1.54) is 0 Å². The fourth-order valence-electron chi connectivity index (χ4n) is 0.715. The summed E-state index contributed by atoms with van der Waals surface area (Å²) in [5.74, 6) is 0. The van der Waals surface area contributed by atoms with E-state index >= 15 is 0 Å². The maximum atomic E-state index is 12.2. The number of nitrogens with zero attached hydrogens (tertiary/aromatic N) is 2. The molecule has 0 atom stereocenters. The van der Waals surface area contributed by atoms with Crippen LogP contribution in [0.1, 0.15) is 12.1 Å². The molecule has 0 fully saturated rings. The molecule has 1 rings (SSSR count). The highest BCUT2D eigenvalue weighted by Gasteiger charge is 2.17. The number of alkyl halides is 2. The minimum Gasteiger partial charge on any atom is -0.222 e. The Morgan fingerprint density at radius 1 is 1.43 bits per heavy atom. The molecule has 0 spiro atoms. The van der Waals surface area contributed by atoms with Crippen LogP contribution in [-0.4, -0.2) is 24.6 Å². The molecule has 0 saturated heterocycles. The van der Waals surface area contributed by atoms with Crippen molar-refractivity contribution in [2.24, 2.45) is 0 Å². The van der Waals surface area contributed by atoms with E-state index in [1.54, 1.807) is 0 Å². The third kappa shape index (κ3) is 2.58. The summed E-state index contributed by atoms with van der Waals surface area (Å²) in [5, 5.41) is -1.02. The summed E-state index contributed by atoms with van der Waals surface area (Å²) < 4.78 is 46.3. The quantitative estimate of drug-likeness (QED) is 0.582. The second-order valence-electron chi connectivity index (χ2n) is 2.47. The standard InChI is InChI=1S/C6H5ClF2N2O2S/c1-14(12,13)4-2-3(5(8)9)10-6(7)11-4/h2,5H,1H3. The molecule has 8 heteroatoms. The second kappa shape index (κ2) is 3.74. The van der Waals surface area contributed by atoms with Crippen LogP contribution < -0.4 is 0 Å². The third-order valence-corrected chi connectivity index (χ3v) is 2.44. The van der Waals surface area contributed by atoms with Crippen LogP contribution in [0.15, 0.2) is 11.1 Å². The molecule has 0 aromatic carbocycles. The van der Waals surface area contributed by atoms with Crippen molar-refractivity contribution >= 4 is 21.4 Å². The SMILES string of the molecule is CS(=O)(=O)c1cc(C(F)F)nc(Cl)n1. The molecule has 78 valence electrons. The van der Waals surface area contributed by atoms with E-state index in [4.69, 9.17) is 11.6 Å². The van der Waals surface area contributed by atoms with Gasteiger partial charge in [-0.3, -0.25) is 0 Å². The molecule has 0 aliphatic heterocycles. The van der Waals surface area contributed by atoms with Crippen LogP contribution >= 0.6 is 11.6 Å². The number of hydrogen-bond acceptors (Lipinski definition) is 4. The number of sulfone groups is 1. The minimum atomic E-state index is -3.65. The van der Waals surface area contributed by atoms with E-state index in [2.05, 4.69) is 9.97 Å².